The number of ether oxygens (including phenoxy) is 2. The highest BCUT2D eigenvalue weighted by Gasteiger charge is 2.17. The van der Waals surface area contributed by atoms with Gasteiger partial charge in [-0.1, -0.05) is 40.9 Å². The normalized spacial score (nSPS) is 11.5. The van der Waals surface area contributed by atoms with E-state index in [-0.39, 0.29) is 13.2 Å². The van der Waals surface area contributed by atoms with Gasteiger partial charge in [-0.25, -0.2) is 0 Å². The van der Waals surface area contributed by atoms with Crippen LogP contribution >= 0.6 is 34.8 Å². The van der Waals surface area contributed by atoms with Crippen molar-refractivity contribution >= 4 is 34.8 Å². The van der Waals surface area contributed by atoms with Crippen molar-refractivity contribution in [3.8, 4) is 11.5 Å². The quantitative estimate of drug-likeness (QED) is 0.550. The average Bonchev–Trinajstić information content (AvgIpc) is 2.61. The van der Waals surface area contributed by atoms with E-state index in [0.29, 0.717) is 39.7 Å². The molecule has 0 spiro atoms. The lowest BCUT2D eigenvalue weighted by Gasteiger charge is -2.24. The number of hydrogen-bond donors (Lipinski definition) is 2. The predicted octanol–water partition coefficient (Wildman–Crippen LogP) is 5.49. The summed E-state index contributed by atoms with van der Waals surface area (Å²) in [5, 5.41) is 14.2. The van der Waals surface area contributed by atoms with Gasteiger partial charge in [-0.05, 0) is 50.6 Å². The van der Waals surface area contributed by atoms with Crippen LogP contribution < -0.4 is 14.8 Å². The van der Waals surface area contributed by atoms with Gasteiger partial charge < -0.3 is 19.9 Å². The van der Waals surface area contributed by atoms with Crippen molar-refractivity contribution in [1.82, 2.24) is 5.32 Å². The Bertz CT molecular complexity index is 781. The molecule has 0 aliphatic heterocycles. The lowest BCUT2D eigenvalue weighted by molar-refractivity contribution is 0.187. The summed E-state index contributed by atoms with van der Waals surface area (Å²) in [5.41, 5.74) is 1.34. The van der Waals surface area contributed by atoms with E-state index in [0.717, 1.165) is 11.1 Å². The maximum atomic E-state index is 9.38. The highest BCUT2D eigenvalue weighted by molar-refractivity contribution is 6.35. The molecule has 0 saturated carbocycles. The molecule has 2 aromatic rings. The van der Waals surface area contributed by atoms with E-state index in [1.54, 1.807) is 12.1 Å². The van der Waals surface area contributed by atoms with Crippen molar-refractivity contribution in [2.45, 2.75) is 39.5 Å². The van der Waals surface area contributed by atoms with Crippen molar-refractivity contribution in [2.75, 3.05) is 13.2 Å². The van der Waals surface area contributed by atoms with Crippen LogP contribution in [-0.2, 0) is 13.2 Å². The van der Waals surface area contributed by atoms with Crippen LogP contribution in [-0.4, -0.2) is 23.9 Å². The molecule has 2 rings (SSSR count). The average molecular weight is 433 g/mol. The Balaban J connectivity index is 2.19. The Labute approximate surface area is 175 Å². The number of hydrogen-bond acceptors (Lipinski definition) is 4. The fraction of sp³-hybridized carbons (Fsp3) is 0.400. The third kappa shape index (κ3) is 6.44. The van der Waals surface area contributed by atoms with Crippen molar-refractivity contribution in [3.63, 3.8) is 0 Å². The molecule has 0 aliphatic rings. The fourth-order valence-corrected chi connectivity index (χ4v) is 3.06. The first-order valence-corrected chi connectivity index (χ1v) is 9.77. The molecular weight excluding hydrogens is 409 g/mol. The summed E-state index contributed by atoms with van der Waals surface area (Å²) in [4.78, 5) is 0. The van der Waals surface area contributed by atoms with Crippen LogP contribution in [0.5, 0.6) is 11.5 Å². The Kier molecular flexibility index (Phi) is 8.07. The van der Waals surface area contributed by atoms with Crippen LogP contribution in [0.1, 0.15) is 31.9 Å². The zero-order valence-corrected chi connectivity index (χ0v) is 17.9. The predicted molar refractivity (Wildman–Crippen MR) is 111 cm³/mol. The second-order valence-corrected chi connectivity index (χ2v) is 8.01. The van der Waals surface area contributed by atoms with Gasteiger partial charge in [0.2, 0.25) is 0 Å². The second kappa shape index (κ2) is 9.85. The number of nitrogens with one attached hydrogen (secondary N) is 1. The molecule has 7 heteroatoms. The first kappa shape index (κ1) is 22.1. The van der Waals surface area contributed by atoms with E-state index in [1.807, 2.05) is 39.0 Å². The smallest absolute Gasteiger partial charge is 0.180 e. The van der Waals surface area contributed by atoms with Gasteiger partial charge in [0.05, 0.1) is 18.2 Å². The summed E-state index contributed by atoms with van der Waals surface area (Å²) in [5.74, 6) is 1.03. The molecule has 0 saturated heterocycles. The first-order valence-electron chi connectivity index (χ1n) is 8.63. The first-order chi connectivity index (χ1) is 12.8. The Hall–Kier alpha value is -1.17. The molecule has 2 aromatic carbocycles. The van der Waals surface area contributed by atoms with E-state index in [2.05, 4.69) is 5.32 Å². The standard InChI is InChI=1S/C20H24Cl3NO3/c1-4-26-18-8-13(10-24-20(2,3)12-25)7-17(23)19(18)27-11-14-5-6-15(21)9-16(14)22/h5-9,24-25H,4,10-12H2,1-3H3. The molecule has 27 heavy (non-hydrogen) atoms. The largest absolute Gasteiger partial charge is 0.490 e. The number of benzene rings is 2. The van der Waals surface area contributed by atoms with E-state index in [1.165, 1.54) is 0 Å². The maximum Gasteiger partial charge on any atom is 0.180 e. The van der Waals surface area contributed by atoms with Crippen molar-refractivity contribution in [1.29, 1.82) is 0 Å². The zero-order chi connectivity index (χ0) is 20.0. The second-order valence-electron chi connectivity index (χ2n) is 6.76. The lowest BCUT2D eigenvalue weighted by Crippen LogP contribution is -2.42. The van der Waals surface area contributed by atoms with E-state index < -0.39 is 5.54 Å². The summed E-state index contributed by atoms with van der Waals surface area (Å²) in [6.07, 6.45) is 0. The summed E-state index contributed by atoms with van der Waals surface area (Å²) in [6, 6.07) is 8.95. The van der Waals surface area contributed by atoms with Gasteiger partial charge in [0.25, 0.3) is 0 Å². The third-order valence-corrected chi connectivity index (χ3v) is 4.79. The maximum absolute atomic E-state index is 9.38. The molecule has 0 unspecified atom stereocenters. The Morgan fingerprint density at radius 1 is 1.04 bits per heavy atom. The molecule has 2 N–H and O–H groups in total. The topological polar surface area (TPSA) is 50.7 Å². The molecule has 0 aromatic heterocycles. The van der Waals surface area contributed by atoms with Crippen LogP contribution in [0.2, 0.25) is 15.1 Å². The molecule has 0 fully saturated rings. The third-order valence-electron chi connectivity index (χ3n) is 3.92. The van der Waals surface area contributed by atoms with Crippen LogP contribution in [0.4, 0.5) is 0 Å². The molecule has 0 bridgehead atoms. The summed E-state index contributed by atoms with van der Waals surface area (Å²) in [7, 11) is 0. The summed E-state index contributed by atoms with van der Waals surface area (Å²) < 4.78 is 11.6. The van der Waals surface area contributed by atoms with Crippen LogP contribution in [0.25, 0.3) is 0 Å². The molecule has 0 aliphatic carbocycles. The summed E-state index contributed by atoms with van der Waals surface area (Å²) in [6.45, 7) is 7.03. The number of rotatable bonds is 9. The SMILES string of the molecule is CCOc1cc(CNC(C)(C)CO)cc(Cl)c1OCc1ccc(Cl)cc1Cl. The lowest BCUT2D eigenvalue weighted by atomic mass is 10.1. The number of aliphatic hydroxyl groups is 1. The zero-order valence-electron chi connectivity index (χ0n) is 15.6. The van der Waals surface area contributed by atoms with Crippen molar-refractivity contribution < 1.29 is 14.6 Å². The highest BCUT2D eigenvalue weighted by Crippen LogP contribution is 2.38. The molecule has 0 radical (unpaired) electrons. The van der Waals surface area contributed by atoms with Crippen LogP contribution in [0, 0.1) is 0 Å². The monoisotopic (exact) mass is 431 g/mol. The minimum atomic E-state index is -0.390. The molecule has 148 valence electrons. The van der Waals surface area contributed by atoms with Crippen LogP contribution in [0.15, 0.2) is 30.3 Å². The van der Waals surface area contributed by atoms with Gasteiger partial charge in [0, 0.05) is 27.7 Å². The molecular formula is C20H24Cl3NO3. The molecule has 4 nitrogen and oxygen atoms in total. The highest BCUT2D eigenvalue weighted by atomic mass is 35.5. The Morgan fingerprint density at radius 3 is 2.41 bits per heavy atom. The summed E-state index contributed by atoms with van der Waals surface area (Å²) >= 11 is 18.6. The molecule has 0 atom stereocenters. The van der Waals surface area contributed by atoms with Gasteiger partial charge in [-0.3, -0.25) is 0 Å². The molecule has 0 amide bonds. The van der Waals surface area contributed by atoms with Gasteiger partial charge in [-0.2, -0.15) is 0 Å². The van der Waals surface area contributed by atoms with Crippen LogP contribution in [0.3, 0.4) is 0 Å². The van der Waals surface area contributed by atoms with E-state index in [4.69, 9.17) is 44.3 Å². The van der Waals surface area contributed by atoms with E-state index in [9.17, 15) is 5.11 Å². The van der Waals surface area contributed by atoms with Gasteiger partial charge in [0.1, 0.15) is 6.61 Å². The number of halogens is 3. The Morgan fingerprint density at radius 2 is 1.78 bits per heavy atom. The fourth-order valence-electron chi connectivity index (χ4n) is 2.31. The van der Waals surface area contributed by atoms with Gasteiger partial charge in [-0.15, -0.1) is 0 Å². The van der Waals surface area contributed by atoms with Gasteiger partial charge >= 0.3 is 0 Å². The van der Waals surface area contributed by atoms with Crippen molar-refractivity contribution in [2.24, 2.45) is 0 Å². The minimum Gasteiger partial charge on any atom is -0.490 e. The van der Waals surface area contributed by atoms with E-state index >= 15 is 0 Å². The molecule has 0 heterocycles. The number of aliphatic hydroxyl groups excluding tert-OH is 1. The minimum absolute atomic E-state index is 0.0299. The van der Waals surface area contributed by atoms with Gasteiger partial charge in [0.15, 0.2) is 11.5 Å². The van der Waals surface area contributed by atoms with Crippen molar-refractivity contribution in [3.05, 3.63) is 56.5 Å².